The van der Waals surface area contributed by atoms with E-state index < -0.39 is 29.4 Å². The van der Waals surface area contributed by atoms with E-state index in [0.29, 0.717) is 11.3 Å². The van der Waals surface area contributed by atoms with Crippen LogP contribution < -0.4 is 4.90 Å². The summed E-state index contributed by atoms with van der Waals surface area (Å²) < 4.78 is 33.8. The van der Waals surface area contributed by atoms with E-state index in [0.717, 1.165) is 34.5 Å². The molecule has 6 nitrogen and oxygen atoms in total. The zero-order valence-electron chi connectivity index (χ0n) is 19.3. The second-order valence-corrected chi connectivity index (χ2v) is 8.91. The summed E-state index contributed by atoms with van der Waals surface area (Å²) >= 11 is 0. The number of fused-ring (bicyclic) bond motifs is 1. The normalized spacial score (nSPS) is 12.4. The van der Waals surface area contributed by atoms with E-state index in [1.165, 1.54) is 11.2 Å². The summed E-state index contributed by atoms with van der Waals surface area (Å²) in [5, 5.41) is 1.95. The van der Waals surface area contributed by atoms with E-state index in [1.807, 2.05) is 24.3 Å². The van der Waals surface area contributed by atoms with E-state index in [9.17, 15) is 13.6 Å². The quantitative estimate of drug-likeness (QED) is 0.348. The molecular formula is C26H24F2N4O2. The van der Waals surface area contributed by atoms with Crippen LogP contribution in [0.3, 0.4) is 0 Å². The number of pyridine rings is 1. The van der Waals surface area contributed by atoms with Crippen molar-refractivity contribution in [2.45, 2.75) is 39.3 Å². The van der Waals surface area contributed by atoms with Gasteiger partial charge in [0, 0.05) is 35.6 Å². The van der Waals surface area contributed by atoms with Gasteiger partial charge in [-0.1, -0.05) is 12.1 Å². The Hall–Kier alpha value is -3.94. The standard InChI is InChI=1S/C26H24F2N4O2/c1-16(32(25(33)34-26(2,3)4)22-11-20(27)10-21(28)12-22)24-23(14-30-15-31-24)18-5-6-19-13-29-8-7-17(19)9-18/h5-16H,1-4H3. The summed E-state index contributed by atoms with van der Waals surface area (Å²) in [6.07, 6.45) is 5.76. The molecule has 0 fully saturated rings. The number of halogens is 2. The number of ether oxygens (including phenoxy) is 1. The number of hydrogen-bond donors (Lipinski definition) is 0. The molecule has 0 N–H and O–H groups in total. The number of rotatable bonds is 4. The Morgan fingerprint density at radius 1 is 0.971 bits per heavy atom. The van der Waals surface area contributed by atoms with Gasteiger partial charge in [-0.15, -0.1) is 0 Å². The first-order chi connectivity index (χ1) is 16.1. The Morgan fingerprint density at radius 3 is 2.41 bits per heavy atom. The molecule has 2 heterocycles. The summed E-state index contributed by atoms with van der Waals surface area (Å²) in [5.41, 5.74) is 1.21. The third-order valence-corrected chi connectivity index (χ3v) is 5.19. The van der Waals surface area contributed by atoms with Crippen molar-refractivity contribution in [1.82, 2.24) is 15.0 Å². The van der Waals surface area contributed by atoms with Crippen LogP contribution in [0.2, 0.25) is 0 Å². The highest BCUT2D eigenvalue weighted by molar-refractivity contribution is 5.90. The minimum absolute atomic E-state index is 0.0217. The van der Waals surface area contributed by atoms with Gasteiger partial charge in [0.2, 0.25) is 0 Å². The molecule has 1 atom stereocenters. The van der Waals surface area contributed by atoms with Crippen LogP contribution in [0.1, 0.15) is 39.4 Å². The Bertz CT molecular complexity index is 1330. The fourth-order valence-corrected chi connectivity index (χ4v) is 3.74. The number of amides is 1. The average molecular weight is 463 g/mol. The monoisotopic (exact) mass is 462 g/mol. The number of carbonyl (C=O) groups is 1. The molecule has 0 saturated heterocycles. The lowest BCUT2D eigenvalue weighted by Gasteiger charge is -2.32. The molecule has 0 aliphatic rings. The van der Waals surface area contributed by atoms with Crippen LogP contribution in [0, 0.1) is 11.6 Å². The number of hydrogen-bond acceptors (Lipinski definition) is 5. The minimum atomic E-state index is -0.818. The zero-order valence-corrected chi connectivity index (χ0v) is 19.3. The zero-order chi connectivity index (χ0) is 24.5. The minimum Gasteiger partial charge on any atom is -0.443 e. The van der Waals surface area contributed by atoms with Gasteiger partial charge in [-0.05, 0) is 62.9 Å². The van der Waals surface area contributed by atoms with Crippen molar-refractivity contribution in [3.05, 3.63) is 84.7 Å². The van der Waals surface area contributed by atoms with Crippen LogP contribution in [0.15, 0.2) is 67.4 Å². The van der Waals surface area contributed by atoms with Gasteiger partial charge in [0.05, 0.1) is 17.4 Å². The number of anilines is 1. The summed E-state index contributed by atoms with van der Waals surface area (Å²) in [6, 6.07) is 9.93. The van der Waals surface area contributed by atoms with Crippen LogP contribution in [0.5, 0.6) is 0 Å². The van der Waals surface area contributed by atoms with Gasteiger partial charge in [-0.3, -0.25) is 9.88 Å². The highest BCUT2D eigenvalue weighted by Crippen LogP contribution is 2.35. The Labute approximate surface area is 196 Å². The van der Waals surface area contributed by atoms with Crippen molar-refractivity contribution in [1.29, 1.82) is 0 Å². The Morgan fingerprint density at radius 2 is 1.71 bits per heavy atom. The molecule has 174 valence electrons. The summed E-state index contributed by atoms with van der Waals surface area (Å²) in [4.78, 5) is 27.2. The second kappa shape index (κ2) is 9.13. The van der Waals surface area contributed by atoms with E-state index in [2.05, 4.69) is 15.0 Å². The first kappa shape index (κ1) is 23.2. The summed E-state index contributed by atoms with van der Waals surface area (Å²) in [5.74, 6) is -1.61. The lowest BCUT2D eigenvalue weighted by molar-refractivity contribution is 0.0567. The highest BCUT2D eigenvalue weighted by Gasteiger charge is 2.31. The van der Waals surface area contributed by atoms with Gasteiger partial charge >= 0.3 is 6.09 Å². The van der Waals surface area contributed by atoms with E-state index in [-0.39, 0.29) is 5.69 Å². The molecule has 2 aromatic carbocycles. The Kier molecular flexibility index (Phi) is 6.24. The molecule has 34 heavy (non-hydrogen) atoms. The van der Waals surface area contributed by atoms with Crippen molar-refractivity contribution in [3.8, 4) is 11.1 Å². The van der Waals surface area contributed by atoms with E-state index in [1.54, 1.807) is 46.3 Å². The molecule has 1 amide bonds. The number of aromatic nitrogens is 3. The maximum Gasteiger partial charge on any atom is 0.415 e. The molecule has 4 aromatic rings. The molecule has 0 aliphatic carbocycles. The summed E-state index contributed by atoms with van der Waals surface area (Å²) in [7, 11) is 0. The second-order valence-electron chi connectivity index (χ2n) is 8.91. The number of carbonyl (C=O) groups excluding carboxylic acids is 1. The fourth-order valence-electron chi connectivity index (χ4n) is 3.74. The maximum absolute atomic E-state index is 14.1. The van der Waals surface area contributed by atoms with Crippen molar-refractivity contribution >= 4 is 22.6 Å². The third kappa shape index (κ3) is 5.01. The smallest absolute Gasteiger partial charge is 0.415 e. The topological polar surface area (TPSA) is 68.2 Å². The largest absolute Gasteiger partial charge is 0.443 e. The van der Waals surface area contributed by atoms with Crippen molar-refractivity contribution < 1.29 is 18.3 Å². The molecule has 0 saturated carbocycles. The maximum atomic E-state index is 14.1. The first-order valence-corrected chi connectivity index (χ1v) is 10.7. The van der Waals surface area contributed by atoms with E-state index >= 15 is 0 Å². The van der Waals surface area contributed by atoms with Crippen LogP contribution >= 0.6 is 0 Å². The van der Waals surface area contributed by atoms with Crippen LogP contribution in [-0.2, 0) is 4.74 Å². The SMILES string of the molecule is CC(c1ncncc1-c1ccc2cnccc2c1)N(C(=O)OC(C)(C)C)c1cc(F)cc(F)c1. The van der Waals surface area contributed by atoms with Gasteiger partial charge in [-0.2, -0.15) is 0 Å². The highest BCUT2D eigenvalue weighted by atomic mass is 19.1. The third-order valence-electron chi connectivity index (χ3n) is 5.19. The van der Waals surface area contributed by atoms with Gasteiger partial charge in [0.1, 0.15) is 23.6 Å². The van der Waals surface area contributed by atoms with Gasteiger partial charge in [0.15, 0.2) is 0 Å². The average Bonchev–Trinajstić information content (AvgIpc) is 2.77. The molecule has 1 unspecified atom stereocenters. The molecule has 0 aliphatic heterocycles. The molecule has 0 radical (unpaired) electrons. The molecule has 2 aromatic heterocycles. The molecule has 8 heteroatoms. The van der Waals surface area contributed by atoms with Gasteiger partial charge in [0.25, 0.3) is 0 Å². The van der Waals surface area contributed by atoms with Gasteiger partial charge in [-0.25, -0.2) is 23.5 Å². The molecular weight excluding hydrogens is 438 g/mol. The molecule has 0 bridgehead atoms. The predicted molar refractivity (Wildman–Crippen MR) is 126 cm³/mol. The number of nitrogens with zero attached hydrogens (tertiary/aromatic N) is 4. The van der Waals surface area contributed by atoms with Gasteiger partial charge < -0.3 is 4.74 Å². The molecule has 4 rings (SSSR count). The summed E-state index contributed by atoms with van der Waals surface area (Å²) in [6.45, 7) is 6.89. The van der Waals surface area contributed by atoms with Crippen molar-refractivity contribution in [2.75, 3.05) is 4.90 Å². The van der Waals surface area contributed by atoms with E-state index in [4.69, 9.17) is 4.74 Å². The predicted octanol–water partition coefficient (Wildman–Crippen LogP) is 6.47. The lowest BCUT2D eigenvalue weighted by atomic mass is 9.99. The molecule has 0 spiro atoms. The number of benzene rings is 2. The first-order valence-electron chi connectivity index (χ1n) is 10.7. The van der Waals surface area contributed by atoms with Crippen molar-refractivity contribution in [3.63, 3.8) is 0 Å². The fraction of sp³-hybridized carbons (Fsp3) is 0.231. The van der Waals surface area contributed by atoms with Crippen LogP contribution in [-0.4, -0.2) is 26.6 Å². The van der Waals surface area contributed by atoms with Crippen LogP contribution in [0.25, 0.3) is 21.9 Å². The Balaban J connectivity index is 1.83. The van der Waals surface area contributed by atoms with Crippen molar-refractivity contribution in [2.24, 2.45) is 0 Å². The van der Waals surface area contributed by atoms with Crippen LogP contribution in [0.4, 0.5) is 19.3 Å². The lowest BCUT2D eigenvalue weighted by Crippen LogP contribution is -2.39.